The van der Waals surface area contributed by atoms with Crippen molar-refractivity contribution in [2.75, 3.05) is 13.7 Å². The lowest BCUT2D eigenvalue weighted by Crippen LogP contribution is -2.53. The molecule has 0 spiro atoms. The van der Waals surface area contributed by atoms with Gasteiger partial charge < -0.3 is 9.15 Å². The smallest absolute Gasteiger partial charge is 0.305 e. The largest absolute Gasteiger partial charge is 0.493 e. The summed E-state index contributed by atoms with van der Waals surface area (Å²) < 4.78 is 10.8. The van der Waals surface area contributed by atoms with E-state index in [0.717, 1.165) is 19.3 Å². The first kappa shape index (κ1) is 19.7. The zero-order valence-corrected chi connectivity index (χ0v) is 15.6. The zero-order chi connectivity index (χ0) is 20.1. The molecular formula is C19H23N3O6. The van der Waals surface area contributed by atoms with Crippen molar-refractivity contribution in [1.82, 2.24) is 15.9 Å². The van der Waals surface area contributed by atoms with Gasteiger partial charge in [-0.25, -0.2) is 5.06 Å². The van der Waals surface area contributed by atoms with Gasteiger partial charge in [-0.05, 0) is 25.0 Å². The van der Waals surface area contributed by atoms with Gasteiger partial charge >= 0.3 is 5.91 Å². The molecule has 0 unspecified atom stereocenters. The number of rotatable bonds is 6. The summed E-state index contributed by atoms with van der Waals surface area (Å²) in [6.07, 6.45) is 3.89. The van der Waals surface area contributed by atoms with Gasteiger partial charge in [0.05, 0.1) is 19.1 Å². The van der Waals surface area contributed by atoms with Gasteiger partial charge in [-0.2, -0.15) is 0 Å². The number of hydrogen-bond acceptors (Lipinski definition) is 6. The molecule has 0 radical (unpaired) electrons. The van der Waals surface area contributed by atoms with Crippen molar-refractivity contribution in [3.63, 3.8) is 0 Å². The van der Waals surface area contributed by atoms with Crippen molar-refractivity contribution in [2.24, 2.45) is 5.41 Å². The Hall–Kier alpha value is -3.07. The van der Waals surface area contributed by atoms with Gasteiger partial charge in [-0.3, -0.25) is 30.4 Å². The molecule has 3 amide bonds. The molecule has 9 nitrogen and oxygen atoms in total. The van der Waals surface area contributed by atoms with Gasteiger partial charge in [-0.1, -0.05) is 31.4 Å². The molecule has 0 aliphatic heterocycles. The third-order valence-electron chi connectivity index (χ3n) is 5.12. The number of carbonyl (C=O) groups is 3. The summed E-state index contributed by atoms with van der Waals surface area (Å²) in [7, 11) is 1.50. The van der Waals surface area contributed by atoms with Crippen molar-refractivity contribution in [1.29, 1.82) is 0 Å². The average molecular weight is 389 g/mol. The van der Waals surface area contributed by atoms with E-state index >= 15 is 0 Å². The van der Waals surface area contributed by atoms with Crippen LogP contribution in [0, 0.1) is 5.41 Å². The highest BCUT2D eigenvalue weighted by molar-refractivity contribution is 5.98. The summed E-state index contributed by atoms with van der Waals surface area (Å²) >= 11 is 0. The van der Waals surface area contributed by atoms with Crippen molar-refractivity contribution >= 4 is 29.2 Å². The maximum absolute atomic E-state index is 12.7. The molecule has 1 aromatic heterocycles. The summed E-state index contributed by atoms with van der Waals surface area (Å²) in [6.45, 7) is -0.125. The van der Waals surface area contributed by atoms with Gasteiger partial charge in [0.15, 0.2) is 17.1 Å². The third-order valence-corrected chi connectivity index (χ3v) is 5.12. The first-order valence-corrected chi connectivity index (χ1v) is 9.07. The molecule has 3 rings (SSSR count). The van der Waals surface area contributed by atoms with E-state index in [0.29, 0.717) is 34.6 Å². The first-order valence-electron chi connectivity index (χ1n) is 9.07. The fraction of sp³-hybridized carbons (Fsp3) is 0.421. The molecule has 0 bridgehead atoms. The normalized spacial score (nSPS) is 15.6. The van der Waals surface area contributed by atoms with Crippen LogP contribution in [0.15, 0.2) is 28.7 Å². The molecular weight excluding hydrogens is 366 g/mol. The number of nitrogens with zero attached hydrogens (tertiary/aromatic N) is 1. The van der Waals surface area contributed by atoms with Crippen LogP contribution in [0.25, 0.3) is 11.0 Å². The molecule has 9 heteroatoms. The molecule has 1 saturated carbocycles. The second-order valence-corrected chi connectivity index (χ2v) is 6.94. The number of hydroxylamine groups is 2. The SMILES string of the molecule is COc1cccc2cc(C(=O)NNC(=O)C3(CN(O)C=O)CCCCC3)oc12. The Morgan fingerprint density at radius 3 is 2.71 bits per heavy atom. The van der Waals surface area contributed by atoms with Crippen molar-refractivity contribution in [3.05, 3.63) is 30.0 Å². The van der Waals surface area contributed by atoms with Gasteiger partial charge in [0.25, 0.3) is 0 Å². The number of hydrogen-bond donors (Lipinski definition) is 3. The highest BCUT2D eigenvalue weighted by atomic mass is 16.5. The molecule has 1 heterocycles. The Morgan fingerprint density at radius 1 is 1.29 bits per heavy atom. The maximum atomic E-state index is 12.7. The predicted molar refractivity (Wildman–Crippen MR) is 98.4 cm³/mol. The van der Waals surface area contributed by atoms with Gasteiger partial charge in [0.2, 0.25) is 12.3 Å². The molecule has 0 saturated heterocycles. The number of ether oxygens (including phenoxy) is 1. The lowest BCUT2D eigenvalue weighted by atomic mass is 9.73. The molecule has 1 aromatic carbocycles. The summed E-state index contributed by atoms with van der Waals surface area (Å²) in [4.78, 5) is 35.9. The Bertz CT molecular complexity index is 872. The third kappa shape index (κ3) is 3.94. The minimum absolute atomic E-state index is 0.0224. The Kier molecular flexibility index (Phi) is 5.84. The Balaban J connectivity index is 1.70. The van der Waals surface area contributed by atoms with E-state index < -0.39 is 17.2 Å². The molecule has 0 atom stereocenters. The molecule has 2 aromatic rings. The van der Waals surface area contributed by atoms with Crippen LogP contribution in [0.3, 0.4) is 0 Å². The number of benzene rings is 1. The predicted octanol–water partition coefficient (Wildman–Crippen LogP) is 2.00. The van der Waals surface area contributed by atoms with Crippen molar-refractivity contribution < 1.29 is 28.7 Å². The summed E-state index contributed by atoms with van der Waals surface area (Å²) in [5.74, 6) is -0.545. The summed E-state index contributed by atoms with van der Waals surface area (Å²) in [5.41, 5.74) is 4.25. The molecule has 1 fully saturated rings. The Morgan fingerprint density at radius 2 is 2.04 bits per heavy atom. The van der Waals surface area contributed by atoms with E-state index in [2.05, 4.69) is 10.9 Å². The van der Waals surface area contributed by atoms with E-state index in [1.54, 1.807) is 24.3 Å². The highest BCUT2D eigenvalue weighted by Gasteiger charge is 2.41. The van der Waals surface area contributed by atoms with Crippen molar-refractivity contribution in [3.8, 4) is 5.75 Å². The van der Waals surface area contributed by atoms with Crippen LogP contribution < -0.4 is 15.6 Å². The fourth-order valence-electron chi connectivity index (χ4n) is 3.65. The van der Waals surface area contributed by atoms with Crippen LogP contribution in [0.1, 0.15) is 42.7 Å². The molecule has 3 N–H and O–H groups in total. The second kappa shape index (κ2) is 8.30. The quantitative estimate of drug-likeness (QED) is 0.395. The van der Waals surface area contributed by atoms with Crippen molar-refractivity contribution in [2.45, 2.75) is 32.1 Å². The lowest BCUT2D eigenvalue weighted by molar-refractivity contribution is -0.163. The van der Waals surface area contributed by atoms with E-state index in [1.807, 2.05) is 0 Å². The van der Waals surface area contributed by atoms with E-state index in [9.17, 15) is 19.6 Å². The van der Waals surface area contributed by atoms with E-state index in [-0.39, 0.29) is 18.7 Å². The number of hydrazine groups is 1. The number of furan rings is 1. The fourth-order valence-corrected chi connectivity index (χ4v) is 3.65. The maximum Gasteiger partial charge on any atom is 0.305 e. The standard InChI is InChI=1S/C19H23N3O6/c1-27-14-7-5-6-13-10-15(28-16(13)14)17(24)20-21-18(25)19(11-22(26)12-23)8-3-2-4-9-19/h5-7,10,12,26H,2-4,8-9,11H2,1H3,(H,20,24)(H,21,25). The summed E-state index contributed by atoms with van der Waals surface area (Å²) in [6, 6.07) is 6.83. The molecule has 1 aliphatic rings. The van der Waals surface area contributed by atoms with Gasteiger partial charge in [-0.15, -0.1) is 0 Å². The van der Waals surface area contributed by atoms with E-state index in [1.165, 1.54) is 7.11 Å². The van der Waals surface area contributed by atoms with Gasteiger partial charge in [0, 0.05) is 5.39 Å². The number of carbonyl (C=O) groups excluding carboxylic acids is 3. The van der Waals surface area contributed by atoms with E-state index in [4.69, 9.17) is 9.15 Å². The minimum Gasteiger partial charge on any atom is -0.493 e. The number of fused-ring (bicyclic) bond motifs is 1. The van der Waals surface area contributed by atoms with Crippen LogP contribution in [-0.2, 0) is 9.59 Å². The lowest BCUT2D eigenvalue weighted by Gasteiger charge is -2.36. The summed E-state index contributed by atoms with van der Waals surface area (Å²) in [5, 5.41) is 10.7. The topological polar surface area (TPSA) is 121 Å². The zero-order valence-electron chi connectivity index (χ0n) is 15.6. The number of nitrogens with one attached hydrogen (secondary N) is 2. The minimum atomic E-state index is -0.946. The highest BCUT2D eigenvalue weighted by Crippen LogP contribution is 2.37. The Labute approximate surface area is 161 Å². The van der Waals surface area contributed by atoms with Gasteiger partial charge in [0.1, 0.15) is 0 Å². The van der Waals surface area contributed by atoms with Crippen LogP contribution >= 0.6 is 0 Å². The molecule has 150 valence electrons. The average Bonchev–Trinajstić information content (AvgIpc) is 3.16. The van der Waals surface area contributed by atoms with Crippen LogP contribution in [0.5, 0.6) is 5.75 Å². The molecule has 1 aliphatic carbocycles. The van der Waals surface area contributed by atoms with Crippen LogP contribution in [0.2, 0.25) is 0 Å². The number of methoxy groups -OCH3 is 1. The number of para-hydroxylation sites is 1. The second-order valence-electron chi connectivity index (χ2n) is 6.94. The van der Waals surface area contributed by atoms with Crippen LogP contribution in [-0.4, -0.2) is 42.1 Å². The van der Waals surface area contributed by atoms with Crippen LogP contribution in [0.4, 0.5) is 0 Å². The monoisotopic (exact) mass is 389 g/mol. The number of amides is 3. The first-order chi connectivity index (χ1) is 13.5. The molecule has 28 heavy (non-hydrogen) atoms.